The Labute approximate surface area is 142 Å². The lowest BCUT2D eigenvalue weighted by molar-refractivity contribution is -0.137. The molecule has 0 saturated carbocycles. The molecular formula is C18H25FN2O3. The van der Waals surface area contributed by atoms with E-state index in [0.29, 0.717) is 24.4 Å². The molecule has 6 heteroatoms. The summed E-state index contributed by atoms with van der Waals surface area (Å²) in [4.78, 5) is 25.6. The summed E-state index contributed by atoms with van der Waals surface area (Å²) in [5.41, 5.74) is 0.486. The normalized spacial score (nSPS) is 17.6. The Morgan fingerprint density at radius 2 is 2.17 bits per heavy atom. The molecule has 1 aliphatic rings. The summed E-state index contributed by atoms with van der Waals surface area (Å²) in [6.07, 6.45) is 3.11. The maximum Gasteiger partial charge on any atom is 0.248 e. The number of likely N-dealkylation sites (tertiary alicyclic amines) is 1. The lowest BCUT2D eigenvalue weighted by atomic mass is 9.93. The zero-order chi connectivity index (χ0) is 17.4. The third kappa shape index (κ3) is 5.60. The van der Waals surface area contributed by atoms with Crippen molar-refractivity contribution in [2.45, 2.75) is 32.2 Å². The molecule has 1 aromatic rings. The zero-order valence-electron chi connectivity index (χ0n) is 14.1. The highest BCUT2D eigenvalue weighted by Crippen LogP contribution is 2.21. The summed E-state index contributed by atoms with van der Waals surface area (Å²) >= 11 is 0. The molecule has 1 unspecified atom stereocenters. The van der Waals surface area contributed by atoms with Gasteiger partial charge in [-0.25, -0.2) is 4.39 Å². The molecule has 0 aliphatic carbocycles. The number of benzene rings is 1. The van der Waals surface area contributed by atoms with Crippen molar-refractivity contribution >= 4 is 11.8 Å². The first kappa shape index (κ1) is 18.4. The van der Waals surface area contributed by atoms with Gasteiger partial charge in [0.1, 0.15) is 12.4 Å². The summed E-state index contributed by atoms with van der Waals surface area (Å²) in [5.74, 6) is -0.0547. The summed E-state index contributed by atoms with van der Waals surface area (Å²) < 4.78 is 18.4. The molecule has 2 amide bonds. The number of nitrogens with zero attached hydrogens (tertiary/aromatic N) is 1. The Balaban J connectivity index is 1.71. The van der Waals surface area contributed by atoms with Gasteiger partial charge in [0.2, 0.25) is 11.8 Å². The second-order valence-electron chi connectivity index (χ2n) is 6.19. The molecule has 1 aromatic carbocycles. The lowest BCUT2D eigenvalue weighted by Gasteiger charge is -2.32. The quantitative estimate of drug-likeness (QED) is 0.830. The smallest absolute Gasteiger partial charge is 0.248 e. The second-order valence-corrected chi connectivity index (χ2v) is 6.19. The second kappa shape index (κ2) is 9.37. The maximum atomic E-state index is 13.5. The van der Waals surface area contributed by atoms with Crippen LogP contribution in [0.3, 0.4) is 0 Å². The van der Waals surface area contributed by atoms with Crippen LogP contribution in [0.5, 0.6) is 0 Å². The van der Waals surface area contributed by atoms with Crippen molar-refractivity contribution in [2.75, 3.05) is 26.8 Å². The molecule has 5 nitrogen and oxygen atoms in total. The van der Waals surface area contributed by atoms with Crippen LogP contribution in [0.1, 0.15) is 31.2 Å². The van der Waals surface area contributed by atoms with Gasteiger partial charge in [-0.3, -0.25) is 9.59 Å². The molecule has 2 rings (SSSR count). The van der Waals surface area contributed by atoms with Crippen LogP contribution in [0.2, 0.25) is 0 Å². The predicted octanol–water partition coefficient (Wildman–Crippen LogP) is 2.11. The minimum Gasteiger partial charge on any atom is -0.375 e. The molecule has 1 aliphatic heterocycles. The largest absolute Gasteiger partial charge is 0.375 e. The van der Waals surface area contributed by atoms with Gasteiger partial charge < -0.3 is 15.0 Å². The zero-order valence-corrected chi connectivity index (χ0v) is 14.1. The van der Waals surface area contributed by atoms with Crippen molar-refractivity contribution in [2.24, 2.45) is 5.92 Å². The van der Waals surface area contributed by atoms with Gasteiger partial charge in [0, 0.05) is 38.7 Å². The predicted molar refractivity (Wildman–Crippen MR) is 88.7 cm³/mol. The van der Waals surface area contributed by atoms with E-state index in [1.54, 1.807) is 18.2 Å². The van der Waals surface area contributed by atoms with E-state index in [0.717, 1.165) is 25.8 Å². The number of amides is 2. The van der Waals surface area contributed by atoms with Gasteiger partial charge in [0.05, 0.1) is 0 Å². The molecule has 1 fully saturated rings. The monoisotopic (exact) mass is 336 g/mol. The van der Waals surface area contributed by atoms with Crippen LogP contribution in [0, 0.1) is 11.7 Å². The summed E-state index contributed by atoms with van der Waals surface area (Å²) in [6.45, 7) is 1.76. The number of methoxy groups -OCH3 is 1. The number of carbonyl (C=O) groups excluding carboxylic acids is 2. The SMILES string of the molecule is COCC(=O)N1CCCC(CCC(=O)NCc2ccccc2F)C1. The molecular weight excluding hydrogens is 311 g/mol. The molecule has 0 radical (unpaired) electrons. The minimum atomic E-state index is -0.308. The number of hydrogen-bond donors (Lipinski definition) is 1. The van der Waals surface area contributed by atoms with Crippen LogP contribution in [0.15, 0.2) is 24.3 Å². The van der Waals surface area contributed by atoms with Crippen molar-refractivity contribution in [1.82, 2.24) is 10.2 Å². The fourth-order valence-electron chi connectivity index (χ4n) is 3.00. The minimum absolute atomic E-state index is 0.00574. The summed E-state index contributed by atoms with van der Waals surface area (Å²) in [6, 6.07) is 6.42. The number of halogens is 1. The van der Waals surface area contributed by atoms with E-state index in [1.807, 2.05) is 4.90 Å². The molecule has 0 aromatic heterocycles. The Morgan fingerprint density at radius 3 is 2.92 bits per heavy atom. The van der Waals surface area contributed by atoms with E-state index in [9.17, 15) is 14.0 Å². The fourth-order valence-corrected chi connectivity index (χ4v) is 3.00. The number of hydrogen-bond acceptors (Lipinski definition) is 3. The van der Waals surface area contributed by atoms with Crippen molar-refractivity contribution < 1.29 is 18.7 Å². The Bertz CT molecular complexity index is 565. The van der Waals surface area contributed by atoms with Crippen LogP contribution < -0.4 is 5.32 Å². The number of piperidine rings is 1. The molecule has 1 atom stereocenters. The number of ether oxygens (including phenoxy) is 1. The molecule has 24 heavy (non-hydrogen) atoms. The first-order valence-electron chi connectivity index (χ1n) is 8.37. The molecule has 1 saturated heterocycles. The van der Waals surface area contributed by atoms with Crippen molar-refractivity contribution in [1.29, 1.82) is 0 Å². The van der Waals surface area contributed by atoms with Gasteiger partial charge in [-0.05, 0) is 31.2 Å². The third-order valence-electron chi connectivity index (χ3n) is 4.35. The van der Waals surface area contributed by atoms with Gasteiger partial charge in [0.25, 0.3) is 0 Å². The van der Waals surface area contributed by atoms with Gasteiger partial charge in [0.15, 0.2) is 0 Å². The van der Waals surface area contributed by atoms with E-state index in [1.165, 1.54) is 13.2 Å². The Morgan fingerprint density at radius 1 is 1.38 bits per heavy atom. The summed E-state index contributed by atoms with van der Waals surface area (Å²) in [5, 5.41) is 2.75. The van der Waals surface area contributed by atoms with Crippen LogP contribution >= 0.6 is 0 Å². The number of rotatable bonds is 7. The average molecular weight is 336 g/mol. The highest BCUT2D eigenvalue weighted by molar-refractivity contribution is 5.77. The summed E-state index contributed by atoms with van der Waals surface area (Å²) in [7, 11) is 1.51. The van der Waals surface area contributed by atoms with Crippen LogP contribution in [-0.2, 0) is 20.9 Å². The first-order valence-corrected chi connectivity index (χ1v) is 8.37. The van der Waals surface area contributed by atoms with E-state index in [4.69, 9.17) is 4.74 Å². The maximum absolute atomic E-state index is 13.5. The Hall–Kier alpha value is -1.95. The van der Waals surface area contributed by atoms with Crippen molar-refractivity contribution in [3.8, 4) is 0 Å². The van der Waals surface area contributed by atoms with Crippen molar-refractivity contribution in [3.05, 3.63) is 35.6 Å². The Kier molecular flexibility index (Phi) is 7.18. The van der Waals surface area contributed by atoms with E-state index >= 15 is 0 Å². The van der Waals surface area contributed by atoms with Gasteiger partial charge in [-0.15, -0.1) is 0 Å². The van der Waals surface area contributed by atoms with Crippen LogP contribution in [-0.4, -0.2) is 43.5 Å². The lowest BCUT2D eigenvalue weighted by Crippen LogP contribution is -2.41. The number of carbonyl (C=O) groups is 2. The first-order chi connectivity index (χ1) is 11.6. The van der Waals surface area contributed by atoms with E-state index in [2.05, 4.69) is 5.32 Å². The third-order valence-corrected chi connectivity index (χ3v) is 4.35. The molecule has 1 heterocycles. The number of nitrogens with one attached hydrogen (secondary N) is 1. The van der Waals surface area contributed by atoms with Crippen LogP contribution in [0.25, 0.3) is 0 Å². The van der Waals surface area contributed by atoms with Gasteiger partial charge in [-0.1, -0.05) is 18.2 Å². The molecule has 0 bridgehead atoms. The average Bonchev–Trinajstić information content (AvgIpc) is 2.60. The highest BCUT2D eigenvalue weighted by Gasteiger charge is 2.23. The molecule has 132 valence electrons. The van der Waals surface area contributed by atoms with Crippen molar-refractivity contribution in [3.63, 3.8) is 0 Å². The van der Waals surface area contributed by atoms with Crippen LogP contribution in [0.4, 0.5) is 4.39 Å². The van der Waals surface area contributed by atoms with E-state index < -0.39 is 0 Å². The van der Waals surface area contributed by atoms with Gasteiger partial charge in [-0.2, -0.15) is 0 Å². The fraction of sp³-hybridized carbons (Fsp3) is 0.556. The highest BCUT2D eigenvalue weighted by atomic mass is 19.1. The van der Waals surface area contributed by atoms with Gasteiger partial charge >= 0.3 is 0 Å². The molecule has 1 N–H and O–H groups in total. The topological polar surface area (TPSA) is 58.6 Å². The standard InChI is InChI=1S/C18H25FN2O3/c1-24-13-18(23)21-10-4-5-14(12-21)8-9-17(22)20-11-15-6-2-3-7-16(15)19/h2-3,6-7,14H,4-5,8-13H2,1H3,(H,20,22). The van der Waals surface area contributed by atoms with E-state index in [-0.39, 0.29) is 30.8 Å². The molecule has 0 spiro atoms.